The fourth-order valence-corrected chi connectivity index (χ4v) is 2.66. The highest BCUT2D eigenvalue weighted by Gasteiger charge is 2.14. The molecule has 0 atom stereocenters. The topological polar surface area (TPSA) is 93.3 Å². The first-order chi connectivity index (χ1) is 8.97. The number of thiazole rings is 1. The third-order valence-corrected chi connectivity index (χ3v) is 3.71. The number of hydrogen-bond donors (Lipinski definition) is 1. The van der Waals surface area contributed by atoms with E-state index in [9.17, 15) is 14.9 Å². The van der Waals surface area contributed by atoms with E-state index in [0.717, 1.165) is 0 Å². The summed E-state index contributed by atoms with van der Waals surface area (Å²) in [6, 6.07) is 6.14. The highest BCUT2D eigenvalue weighted by atomic mass is 32.1. The third kappa shape index (κ3) is 2.94. The molecule has 0 unspecified atom stereocenters. The maximum atomic E-state index is 10.7. The lowest BCUT2D eigenvalue weighted by molar-refractivity contribution is -0.384. The van der Waals surface area contributed by atoms with Gasteiger partial charge in [0.05, 0.1) is 17.0 Å². The van der Waals surface area contributed by atoms with Gasteiger partial charge in [0.1, 0.15) is 5.01 Å². The van der Waals surface area contributed by atoms with E-state index in [2.05, 4.69) is 4.98 Å². The van der Waals surface area contributed by atoms with Crippen LogP contribution in [0.5, 0.6) is 0 Å². The number of non-ortho nitro benzene ring substituents is 1. The molecule has 0 radical (unpaired) electrons. The monoisotopic (exact) mass is 278 g/mol. The van der Waals surface area contributed by atoms with Crippen molar-refractivity contribution in [3.8, 4) is 10.6 Å². The van der Waals surface area contributed by atoms with Gasteiger partial charge in [-0.25, -0.2) is 4.98 Å². The van der Waals surface area contributed by atoms with Gasteiger partial charge in [0, 0.05) is 22.6 Å². The predicted molar refractivity (Wildman–Crippen MR) is 70.3 cm³/mol. The second kappa shape index (κ2) is 5.15. The zero-order valence-corrected chi connectivity index (χ0v) is 10.8. The standard InChI is InChI=1S/C12H10N2O4S/c1-7-10(6-11(15)16)19-12(13-7)8-3-2-4-9(5-8)14(17)18/h2-5H,6H2,1H3,(H,15,16). The molecular formula is C12H10N2O4S. The van der Waals surface area contributed by atoms with Crippen molar-refractivity contribution in [1.82, 2.24) is 4.98 Å². The molecule has 0 bridgehead atoms. The summed E-state index contributed by atoms with van der Waals surface area (Å²) < 4.78 is 0. The van der Waals surface area contributed by atoms with Crippen LogP contribution < -0.4 is 0 Å². The van der Waals surface area contributed by atoms with E-state index in [1.54, 1.807) is 19.1 Å². The lowest BCUT2D eigenvalue weighted by Crippen LogP contribution is -1.99. The molecule has 0 saturated carbocycles. The highest BCUT2D eigenvalue weighted by Crippen LogP contribution is 2.30. The van der Waals surface area contributed by atoms with Crippen LogP contribution >= 0.6 is 11.3 Å². The normalized spacial score (nSPS) is 10.4. The fraction of sp³-hybridized carbons (Fsp3) is 0.167. The van der Waals surface area contributed by atoms with E-state index in [4.69, 9.17) is 5.11 Å². The molecule has 1 heterocycles. The molecule has 0 aliphatic heterocycles. The number of carbonyl (C=O) groups is 1. The molecule has 0 amide bonds. The smallest absolute Gasteiger partial charge is 0.308 e. The Labute approximate surface area is 112 Å². The van der Waals surface area contributed by atoms with Crippen LogP contribution in [0.15, 0.2) is 24.3 Å². The number of benzene rings is 1. The molecule has 98 valence electrons. The van der Waals surface area contributed by atoms with Crippen molar-refractivity contribution in [2.45, 2.75) is 13.3 Å². The lowest BCUT2D eigenvalue weighted by Gasteiger charge is -1.95. The van der Waals surface area contributed by atoms with Gasteiger partial charge in [-0.1, -0.05) is 12.1 Å². The van der Waals surface area contributed by atoms with Crippen molar-refractivity contribution in [3.63, 3.8) is 0 Å². The van der Waals surface area contributed by atoms with Crippen molar-refractivity contribution < 1.29 is 14.8 Å². The van der Waals surface area contributed by atoms with Crippen molar-refractivity contribution in [1.29, 1.82) is 0 Å². The number of nitrogens with zero attached hydrogens (tertiary/aromatic N) is 2. The summed E-state index contributed by atoms with van der Waals surface area (Å²) in [6.45, 7) is 1.73. The minimum atomic E-state index is -0.919. The molecular weight excluding hydrogens is 268 g/mol. The Balaban J connectivity index is 2.39. The van der Waals surface area contributed by atoms with Gasteiger partial charge in [-0.15, -0.1) is 11.3 Å². The molecule has 0 aliphatic rings. The Morgan fingerprint density at radius 2 is 2.26 bits per heavy atom. The summed E-state index contributed by atoms with van der Waals surface area (Å²) in [5.41, 5.74) is 1.26. The number of nitro groups is 1. The third-order valence-electron chi connectivity index (χ3n) is 2.51. The van der Waals surface area contributed by atoms with Crippen LogP contribution in [0, 0.1) is 17.0 Å². The van der Waals surface area contributed by atoms with Crippen LogP contribution in [0.4, 0.5) is 5.69 Å². The average Bonchev–Trinajstić information content (AvgIpc) is 2.70. The first kappa shape index (κ1) is 13.2. The first-order valence-corrected chi connectivity index (χ1v) is 6.22. The van der Waals surface area contributed by atoms with E-state index in [0.29, 0.717) is 21.1 Å². The van der Waals surface area contributed by atoms with Gasteiger partial charge < -0.3 is 5.11 Å². The van der Waals surface area contributed by atoms with Crippen molar-refractivity contribution in [2.24, 2.45) is 0 Å². The number of carboxylic acids is 1. The van der Waals surface area contributed by atoms with E-state index in [1.165, 1.54) is 23.5 Å². The Bertz CT molecular complexity index is 651. The van der Waals surface area contributed by atoms with Crippen LogP contribution in [0.1, 0.15) is 10.6 Å². The van der Waals surface area contributed by atoms with Crippen molar-refractivity contribution in [2.75, 3.05) is 0 Å². The van der Waals surface area contributed by atoms with Crippen LogP contribution in [0.2, 0.25) is 0 Å². The molecule has 19 heavy (non-hydrogen) atoms. The molecule has 0 spiro atoms. The highest BCUT2D eigenvalue weighted by molar-refractivity contribution is 7.15. The van der Waals surface area contributed by atoms with Gasteiger partial charge in [0.25, 0.3) is 5.69 Å². The number of aromatic nitrogens is 1. The first-order valence-electron chi connectivity index (χ1n) is 5.40. The average molecular weight is 278 g/mol. The second-order valence-electron chi connectivity index (χ2n) is 3.91. The Hall–Kier alpha value is -2.28. The van der Waals surface area contributed by atoms with Crippen molar-refractivity contribution >= 4 is 23.0 Å². The Morgan fingerprint density at radius 1 is 1.53 bits per heavy atom. The quantitative estimate of drug-likeness (QED) is 0.685. The maximum absolute atomic E-state index is 10.7. The molecule has 0 aliphatic carbocycles. The maximum Gasteiger partial charge on any atom is 0.308 e. The number of nitro benzene ring substituents is 1. The number of carboxylic acid groups (broad SMARTS) is 1. The molecule has 6 nitrogen and oxygen atoms in total. The van der Waals surface area contributed by atoms with Crippen LogP contribution in [0.25, 0.3) is 10.6 Å². The summed E-state index contributed by atoms with van der Waals surface area (Å²) in [6.07, 6.45) is -0.0849. The minimum Gasteiger partial charge on any atom is -0.481 e. The van der Waals surface area contributed by atoms with E-state index in [-0.39, 0.29) is 12.1 Å². The van der Waals surface area contributed by atoms with E-state index >= 15 is 0 Å². The van der Waals surface area contributed by atoms with E-state index < -0.39 is 10.9 Å². The van der Waals surface area contributed by atoms with Crippen LogP contribution in [-0.2, 0) is 11.2 Å². The zero-order chi connectivity index (χ0) is 14.0. The van der Waals surface area contributed by atoms with Gasteiger partial charge in [0.2, 0.25) is 0 Å². The summed E-state index contributed by atoms with van der Waals surface area (Å²) in [5, 5.41) is 20.1. The van der Waals surface area contributed by atoms with Gasteiger partial charge >= 0.3 is 5.97 Å². The summed E-state index contributed by atoms with van der Waals surface area (Å²) in [5.74, 6) is -0.919. The number of rotatable bonds is 4. The zero-order valence-electron chi connectivity index (χ0n) is 9.99. The minimum absolute atomic E-state index is 0.00913. The lowest BCUT2D eigenvalue weighted by atomic mass is 10.2. The molecule has 1 aromatic carbocycles. The molecule has 2 aromatic rings. The van der Waals surface area contributed by atoms with Crippen LogP contribution in [0.3, 0.4) is 0 Å². The van der Waals surface area contributed by atoms with Crippen LogP contribution in [-0.4, -0.2) is 21.0 Å². The second-order valence-corrected chi connectivity index (χ2v) is 4.99. The SMILES string of the molecule is Cc1nc(-c2cccc([N+](=O)[O-])c2)sc1CC(=O)O. The van der Waals surface area contributed by atoms with Crippen molar-refractivity contribution in [3.05, 3.63) is 45.0 Å². The molecule has 1 N–H and O–H groups in total. The molecule has 0 fully saturated rings. The van der Waals surface area contributed by atoms with Gasteiger partial charge in [0.15, 0.2) is 0 Å². The van der Waals surface area contributed by atoms with Gasteiger partial charge in [-0.3, -0.25) is 14.9 Å². The number of aryl methyl sites for hydroxylation is 1. The molecule has 1 aromatic heterocycles. The molecule has 0 saturated heterocycles. The summed E-state index contributed by atoms with van der Waals surface area (Å²) >= 11 is 1.25. The number of hydrogen-bond acceptors (Lipinski definition) is 5. The van der Waals surface area contributed by atoms with Gasteiger partial charge in [-0.2, -0.15) is 0 Å². The molecule has 2 rings (SSSR count). The molecule has 7 heteroatoms. The van der Waals surface area contributed by atoms with E-state index in [1.807, 2.05) is 0 Å². The Morgan fingerprint density at radius 3 is 2.89 bits per heavy atom. The largest absolute Gasteiger partial charge is 0.481 e. The number of aliphatic carboxylic acids is 1. The predicted octanol–water partition coefficient (Wildman–Crippen LogP) is 2.65. The van der Waals surface area contributed by atoms with Gasteiger partial charge in [-0.05, 0) is 6.92 Å². The fourth-order valence-electron chi connectivity index (χ4n) is 1.61. The Kier molecular flexibility index (Phi) is 3.57. The summed E-state index contributed by atoms with van der Waals surface area (Å²) in [4.78, 5) is 25.9. The summed E-state index contributed by atoms with van der Waals surface area (Å²) in [7, 11) is 0.